The Morgan fingerprint density at radius 1 is 1.17 bits per heavy atom. The predicted molar refractivity (Wildman–Crippen MR) is 101 cm³/mol. The third-order valence-corrected chi connectivity index (χ3v) is 4.68. The van der Waals surface area contributed by atoms with Crippen LogP contribution in [0.5, 0.6) is 0 Å². The third kappa shape index (κ3) is 3.76. The molecule has 0 radical (unpaired) electrons. The minimum atomic E-state index is -0.130. The maximum atomic E-state index is 12.6. The molecule has 5 nitrogen and oxygen atoms in total. The number of carbonyl (C=O) groups is 1. The van der Waals surface area contributed by atoms with Crippen LogP contribution in [-0.4, -0.2) is 32.2 Å². The second-order valence-electron chi connectivity index (χ2n) is 5.31. The molecule has 1 saturated heterocycles. The van der Waals surface area contributed by atoms with Gasteiger partial charge in [0.25, 0.3) is 5.91 Å². The van der Waals surface area contributed by atoms with Crippen LogP contribution in [0.4, 0.5) is 17.1 Å². The molecule has 2 aromatic rings. The number of morpholine rings is 1. The Labute approximate surface area is 148 Å². The van der Waals surface area contributed by atoms with Crippen LogP contribution in [0, 0.1) is 3.57 Å². The number of amides is 1. The quantitative estimate of drug-likeness (QED) is 0.589. The van der Waals surface area contributed by atoms with Crippen LogP contribution in [-0.2, 0) is 4.74 Å². The first kappa shape index (κ1) is 16.1. The van der Waals surface area contributed by atoms with E-state index in [1.807, 2.05) is 36.4 Å². The summed E-state index contributed by atoms with van der Waals surface area (Å²) in [5.41, 5.74) is 8.89. The molecule has 0 atom stereocenters. The lowest BCUT2D eigenvalue weighted by molar-refractivity contribution is 0.102. The number of carbonyl (C=O) groups excluding carboxylic acids is 1. The van der Waals surface area contributed by atoms with Gasteiger partial charge in [-0.05, 0) is 52.9 Å². The van der Waals surface area contributed by atoms with Gasteiger partial charge in [-0.15, -0.1) is 0 Å². The van der Waals surface area contributed by atoms with Crippen LogP contribution < -0.4 is 16.0 Å². The number of rotatable bonds is 3. The second-order valence-corrected chi connectivity index (χ2v) is 6.47. The van der Waals surface area contributed by atoms with Crippen molar-refractivity contribution in [3.05, 3.63) is 51.6 Å². The van der Waals surface area contributed by atoms with Crippen LogP contribution in [0.3, 0.4) is 0 Å². The van der Waals surface area contributed by atoms with Crippen molar-refractivity contribution in [3.63, 3.8) is 0 Å². The van der Waals surface area contributed by atoms with Gasteiger partial charge in [-0.1, -0.05) is 12.1 Å². The average Bonchev–Trinajstić information content (AvgIpc) is 2.56. The molecule has 1 amide bonds. The molecule has 1 heterocycles. The molecule has 0 bridgehead atoms. The van der Waals surface area contributed by atoms with Crippen molar-refractivity contribution < 1.29 is 9.53 Å². The number of halogens is 1. The summed E-state index contributed by atoms with van der Waals surface area (Å²) < 4.78 is 6.31. The van der Waals surface area contributed by atoms with Gasteiger partial charge in [0.05, 0.1) is 30.2 Å². The fourth-order valence-electron chi connectivity index (χ4n) is 2.57. The van der Waals surface area contributed by atoms with Gasteiger partial charge in [0.2, 0.25) is 0 Å². The smallest absolute Gasteiger partial charge is 0.256 e. The van der Waals surface area contributed by atoms with Gasteiger partial charge in [-0.3, -0.25) is 4.79 Å². The van der Waals surface area contributed by atoms with Crippen LogP contribution in [0.2, 0.25) is 0 Å². The molecule has 0 saturated carbocycles. The highest BCUT2D eigenvalue weighted by Crippen LogP contribution is 2.29. The molecule has 2 aromatic carbocycles. The standard InChI is InChI=1S/C17H18IN3O2/c18-14-4-2-1-3-13(14)17(22)20-15-11-12(19)5-6-16(15)21-7-9-23-10-8-21/h1-6,11H,7-10,19H2,(H,20,22). The van der Waals surface area contributed by atoms with Gasteiger partial charge in [-0.2, -0.15) is 0 Å². The molecule has 1 fully saturated rings. The minimum Gasteiger partial charge on any atom is -0.399 e. The first-order valence-electron chi connectivity index (χ1n) is 7.43. The Bertz CT molecular complexity index is 715. The lowest BCUT2D eigenvalue weighted by Crippen LogP contribution is -2.36. The van der Waals surface area contributed by atoms with Crippen molar-refractivity contribution in [3.8, 4) is 0 Å². The van der Waals surface area contributed by atoms with E-state index < -0.39 is 0 Å². The maximum absolute atomic E-state index is 12.6. The Morgan fingerprint density at radius 3 is 2.65 bits per heavy atom. The molecule has 1 aliphatic heterocycles. The summed E-state index contributed by atoms with van der Waals surface area (Å²) in [6.45, 7) is 2.98. The monoisotopic (exact) mass is 423 g/mol. The molecule has 0 aliphatic carbocycles. The predicted octanol–water partition coefficient (Wildman–Crippen LogP) is 2.96. The van der Waals surface area contributed by atoms with Gasteiger partial charge in [0.15, 0.2) is 0 Å². The zero-order valence-corrected chi connectivity index (χ0v) is 14.7. The highest BCUT2D eigenvalue weighted by atomic mass is 127. The summed E-state index contributed by atoms with van der Waals surface area (Å²) in [5, 5.41) is 3.00. The third-order valence-electron chi connectivity index (χ3n) is 3.74. The number of hydrogen-bond acceptors (Lipinski definition) is 4. The molecule has 0 aromatic heterocycles. The summed E-state index contributed by atoms with van der Waals surface area (Å²) in [5.74, 6) is -0.130. The number of benzene rings is 2. The number of hydrogen-bond donors (Lipinski definition) is 2. The van der Waals surface area contributed by atoms with Crippen LogP contribution >= 0.6 is 22.6 Å². The normalized spacial score (nSPS) is 14.6. The SMILES string of the molecule is Nc1ccc(N2CCOCC2)c(NC(=O)c2ccccc2I)c1. The first-order chi connectivity index (χ1) is 11.1. The summed E-state index contributed by atoms with van der Waals surface area (Å²) in [4.78, 5) is 14.8. The van der Waals surface area contributed by atoms with E-state index in [0.717, 1.165) is 28.0 Å². The van der Waals surface area contributed by atoms with Crippen LogP contribution in [0.25, 0.3) is 0 Å². The van der Waals surface area contributed by atoms with Crippen molar-refractivity contribution in [2.45, 2.75) is 0 Å². The molecule has 3 N–H and O–H groups in total. The number of nitrogens with zero attached hydrogens (tertiary/aromatic N) is 1. The van der Waals surface area contributed by atoms with Crippen LogP contribution in [0.1, 0.15) is 10.4 Å². The van der Waals surface area contributed by atoms with Crippen molar-refractivity contribution in [2.75, 3.05) is 42.3 Å². The lowest BCUT2D eigenvalue weighted by Gasteiger charge is -2.30. The largest absolute Gasteiger partial charge is 0.399 e. The fraction of sp³-hybridized carbons (Fsp3) is 0.235. The first-order valence-corrected chi connectivity index (χ1v) is 8.51. The second kappa shape index (κ2) is 7.18. The van der Waals surface area contributed by atoms with Crippen molar-refractivity contribution >= 4 is 45.6 Å². The average molecular weight is 423 g/mol. The Balaban J connectivity index is 1.88. The molecule has 1 aliphatic rings. The van der Waals surface area contributed by atoms with E-state index in [-0.39, 0.29) is 5.91 Å². The van der Waals surface area contributed by atoms with E-state index in [1.54, 1.807) is 6.07 Å². The van der Waals surface area contributed by atoms with E-state index in [9.17, 15) is 4.79 Å². The fourth-order valence-corrected chi connectivity index (χ4v) is 3.20. The number of nitrogens with one attached hydrogen (secondary N) is 1. The van der Waals surface area contributed by atoms with E-state index in [2.05, 4.69) is 32.8 Å². The Kier molecular flexibility index (Phi) is 5.02. The molecule has 0 unspecified atom stereocenters. The molecule has 23 heavy (non-hydrogen) atoms. The van der Waals surface area contributed by atoms with E-state index in [0.29, 0.717) is 24.5 Å². The van der Waals surface area contributed by atoms with Gasteiger partial charge in [0.1, 0.15) is 0 Å². The van der Waals surface area contributed by atoms with Gasteiger partial charge in [0, 0.05) is 22.3 Å². The topological polar surface area (TPSA) is 67.6 Å². The number of anilines is 3. The zero-order valence-electron chi connectivity index (χ0n) is 12.6. The molecule has 3 rings (SSSR count). The van der Waals surface area contributed by atoms with Crippen molar-refractivity contribution in [2.24, 2.45) is 0 Å². The molecular formula is C17H18IN3O2. The maximum Gasteiger partial charge on any atom is 0.256 e. The van der Waals surface area contributed by atoms with E-state index in [4.69, 9.17) is 10.5 Å². The van der Waals surface area contributed by atoms with E-state index >= 15 is 0 Å². The van der Waals surface area contributed by atoms with Crippen molar-refractivity contribution in [1.82, 2.24) is 0 Å². The van der Waals surface area contributed by atoms with Crippen LogP contribution in [0.15, 0.2) is 42.5 Å². The zero-order chi connectivity index (χ0) is 16.2. The number of nitrogens with two attached hydrogens (primary N) is 1. The molecule has 6 heteroatoms. The molecular weight excluding hydrogens is 405 g/mol. The van der Waals surface area contributed by atoms with Gasteiger partial charge < -0.3 is 20.7 Å². The Morgan fingerprint density at radius 2 is 1.91 bits per heavy atom. The minimum absolute atomic E-state index is 0.130. The number of nitrogen functional groups attached to an aromatic ring is 1. The number of ether oxygens (including phenoxy) is 1. The van der Waals surface area contributed by atoms with Crippen molar-refractivity contribution in [1.29, 1.82) is 0 Å². The lowest BCUT2D eigenvalue weighted by atomic mass is 10.1. The molecule has 120 valence electrons. The summed E-state index contributed by atoms with van der Waals surface area (Å²) in [6, 6.07) is 13.1. The molecule has 0 spiro atoms. The Hall–Kier alpha value is -1.80. The summed E-state index contributed by atoms with van der Waals surface area (Å²) in [7, 11) is 0. The summed E-state index contributed by atoms with van der Waals surface area (Å²) in [6.07, 6.45) is 0. The summed E-state index contributed by atoms with van der Waals surface area (Å²) >= 11 is 2.16. The van der Waals surface area contributed by atoms with Gasteiger partial charge >= 0.3 is 0 Å². The highest BCUT2D eigenvalue weighted by molar-refractivity contribution is 14.1. The van der Waals surface area contributed by atoms with E-state index in [1.165, 1.54) is 0 Å². The van der Waals surface area contributed by atoms with Gasteiger partial charge in [-0.25, -0.2) is 0 Å². The highest BCUT2D eigenvalue weighted by Gasteiger charge is 2.17.